The molecule has 11 heteroatoms. The highest BCUT2D eigenvalue weighted by molar-refractivity contribution is 5.72. The molecule has 0 bridgehead atoms. The van der Waals surface area contributed by atoms with Crippen LogP contribution in [0.5, 0.6) is 0 Å². The van der Waals surface area contributed by atoms with Crippen LogP contribution in [-0.2, 0) is 12.7 Å². The van der Waals surface area contributed by atoms with Gasteiger partial charge >= 0.3 is 6.18 Å². The molecule has 7 nitrogen and oxygen atoms in total. The summed E-state index contributed by atoms with van der Waals surface area (Å²) in [5.41, 5.74) is 0.267. The van der Waals surface area contributed by atoms with Crippen LogP contribution in [0.2, 0.25) is 0 Å². The van der Waals surface area contributed by atoms with Crippen molar-refractivity contribution in [2.24, 2.45) is 0 Å². The molecule has 0 aliphatic carbocycles. The number of rotatable bonds is 8. The van der Waals surface area contributed by atoms with Gasteiger partial charge in [-0.2, -0.15) is 13.2 Å². The topological polar surface area (TPSA) is 62.1 Å². The van der Waals surface area contributed by atoms with Crippen LogP contribution in [0.3, 0.4) is 0 Å². The fraction of sp³-hybridized carbons (Fsp3) is 0.444. The van der Waals surface area contributed by atoms with E-state index in [9.17, 15) is 17.6 Å². The first kappa shape index (κ1) is 26.1. The largest absolute Gasteiger partial charge is 0.419 e. The van der Waals surface area contributed by atoms with Gasteiger partial charge in [-0.05, 0) is 50.6 Å². The minimum Gasteiger partial charge on any atom is -0.372 e. The molecule has 5 rings (SSSR count). The zero-order valence-electron chi connectivity index (χ0n) is 21.3. The number of benzene rings is 1. The monoisotopic (exact) mass is 529 g/mol. The number of alkyl halides is 3. The molecule has 2 fully saturated rings. The number of likely N-dealkylation sites (tertiary alicyclic amines) is 1. The summed E-state index contributed by atoms with van der Waals surface area (Å²) in [6, 6.07) is 3.09. The maximum absolute atomic E-state index is 13.9. The molecule has 0 spiro atoms. The Bertz CT molecular complexity index is 1290. The number of piperidine rings is 1. The van der Waals surface area contributed by atoms with E-state index >= 15 is 0 Å². The van der Waals surface area contributed by atoms with Crippen molar-refractivity contribution in [3.63, 3.8) is 0 Å². The number of aromatic nitrogens is 4. The zero-order valence-corrected chi connectivity index (χ0v) is 21.3. The molecule has 0 atom stereocenters. The van der Waals surface area contributed by atoms with Gasteiger partial charge in [-0.25, -0.2) is 19.3 Å². The second-order valence-electron chi connectivity index (χ2n) is 9.74. The fourth-order valence-corrected chi connectivity index (χ4v) is 5.21. The summed E-state index contributed by atoms with van der Waals surface area (Å²) in [7, 11) is 1.81. The molecule has 0 unspecified atom stereocenters. The molecule has 2 saturated heterocycles. The Balaban J connectivity index is 1.40. The predicted octanol–water partition coefficient (Wildman–Crippen LogP) is 5.27. The van der Waals surface area contributed by atoms with E-state index < -0.39 is 17.6 Å². The van der Waals surface area contributed by atoms with E-state index in [1.165, 1.54) is 18.8 Å². The molecule has 202 valence electrons. The average Bonchev–Trinajstić information content (AvgIpc) is 3.31. The molecule has 1 aromatic carbocycles. The van der Waals surface area contributed by atoms with Gasteiger partial charge < -0.3 is 19.7 Å². The third-order valence-corrected chi connectivity index (χ3v) is 7.44. The smallest absolute Gasteiger partial charge is 0.372 e. The van der Waals surface area contributed by atoms with E-state index in [1.54, 1.807) is 6.08 Å². The minimum absolute atomic E-state index is 0.136. The van der Waals surface area contributed by atoms with Crippen molar-refractivity contribution in [1.29, 1.82) is 0 Å². The van der Waals surface area contributed by atoms with Crippen molar-refractivity contribution >= 4 is 17.7 Å². The molecule has 2 aromatic heterocycles. The van der Waals surface area contributed by atoms with Gasteiger partial charge in [-0.3, -0.25) is 0 Å². The lowest BCUT2D eigenvalue weighted by atomic mass is 9.95. The molecule has 0 radical (unpaired) electrons. The summed E-state index contributed by atoms with van der Waals surface area (Å²) < 4.78 is 56.1. The van der Waals surface area contributed by atoms with Crippen molar-refractivity contribution in [2.75, 3.05) is 50.0 Å². The van der Waals surface area contributed by atoms with Crippen LogP contribution in [0.1, 0.15) is 42.1 Å². The van der Waals surface area contributed by atoms with Gasteiger partial charge in [0.25, 0.3) is 0 Å². The number of anilines is 2. The van der Waals surface area contributed by atoms with Crippen LogP contribution in [0.15, 0.2) is 37.3 Å². The molecule has 2 aliphatic heterocycles. The zero-order chi connectivity index (χ0) is 26.9. The average molecular weight is 530 g/mol. The molecule has 3 aromatic rings. The number of nitrogens with one attached hydrogen (secondary N) is 1. The highest BCUT2D eigenvalue weighted by atomic mass is 19.4. The molecular formula is C27H31F4N7. The van der Waals surface area contributed by atoms with Gasteiger partial charge in [-0.15, -0.1) is 0 Å². The van der Waals surface area contributed by atoms with Crippen LogP contribution in [0.4, 0.5) is 29.2 Å². The number of nitrogens with zero attached hydrogens (tertiary/aromatic N) is 6. The Morgan fingerprint density at radius 3 is 2.50 bits per heavy atom. The fourth-order valence-electron chi connectivity index (χ4n) is 5.21. The third kappa shape index (κ3) is 5.24. The van der Waals surface area contributed by atoms with Crippen molar-refractivity contribution in [3.05, 3.63) is 60.1 Å². The second kappa shape index (κ2) is 10.7. The van der Waals surface area contributed by atoms with E-state index in [0.29, 0.717) is 12.2 Å². The standard InChI is InChI=1S/C27H31F4N7/c1-3-20-24(32-2)33-17-34-26(20)37-11-7-18(8-12-37)25-35-23(16-38(25)14-13-36-9-4-10-36)19-5-6-22(28)21(15-19)27(29,30)31/h3,5-6,15-18H,1,4,7-14H2,2H3,(H,32,33,34). The summed E-state index contributed by atoms with van der Waals surface area (Å²) in [6.45, 7) is 9.08. The summed E-state index contributed by atoms with van der Waals surface area (Å²) in [4.78, 5) is 18.1. The van der Waals surface area contributed by atoms with E-state index in [2.05, 4.69) is 36.2 Å². The summed E-state index contributed by atoms with van der Waals surface area (Å²) >= 11 is 0. The lowest BCUT2D eigenvalue weighted by Gasteiger charge is -2.34. The molecule has 2 aliphatic rings. The van der Waals surface area contributed by atoms with Crippen LogP contribution in [0.25, 0.3) is 17.3 Å². The highest BCUT2D eigenvalue weighted by Gasteiger charge is 2.35. The van der Waals surface area contributed by atoms with Crippen LogP contribution < -0.4 is 10.2 Å². The predicted molar refractivity (Wildman–Crippen MR) is 140 cm³/mol. The highest BCUT2D eigenvalue weighted by Crippen LogP contribution is 2.36. The summed E-state index contributed by atoms with van der Waals surface area (Å²) in [6.07, 6.45) is 3.14. The summed E-state index contributed by atoms with van der Waals surface area (Å²) in [5, 5.41) is 3.08. The minimum atomic E-state index is -4.77. The van der Waals surface area contributed by atoms with Gasteiger partial charge in [0.05, 0.1) is 16.8 Å². The lowest BCUT2D eigenvalue weighted by molar-refractivity contribution is -0.139. The van der Waals surface area contributed by atoms with E-state index in [4.69, 9.17) is 4.98 Å². The normalized spacial score (nSPS) is 16.9. The molecule has 1 N–H and O–H groups in total. The van der Waals surface area contributed by atoms with Crippen molar-refractivity contribution in [1.82, 2.24) is 24.4 Å². The van der Waals surface area contributed by atoms with Crippen molar-refractivity contribution in [3.8, 4) is 11.3 Å². The van der Waals surface area contributed by atoms with Gasteiger partial charge in [0.2, 0.25) is 0 Å². The SMILES string of the molecule is C=Cc1c(NC)ncnc1N1CCC(c2nc(-c3ccc(F)c(C(F)(F)F)c3)cn2CCN2CCC2)CC1. The van der Waals surface area contributed by atoms with E-state index in [-0.39, 0.29) is 11.5 Å². The maximum Gasteiger partial charge on any atom is 0.419 e. The van der Waals surface area contributed by atoms with Crippen molar-refractivity contribution in [2.45, 2.75) is 37.9 Å². The Morgan fingerprint density at radius 1 is 1.11 bits per heavy atom. The molecule has 4 heterocycles. The molecule has 38 heavy (non-hydrogen) atoms. The maximum atomic E-state index is 13.9. The Labute approximate surface area is 219 Å². The van der Waals surface area contributed by atoms with E-state index in [0.717, 1.165) is 80.7 Å². The van der Waals surface area contributed by atoms with Crippen LogP contribution in [-0.4, -0.2) is 64.2 Å². The molecule has 0 saturated carbocycles. The number of hydrogen-bond donors (Lipinski definition) is 1. The van der Waals surface area contributed by atoms with Gasteiger partial charge in [0.15, 0.2) is 0 Å². The lowest BCUT2D eigenvalue weighted by Crippen LogP contribution is -2.39. The van der Waals surface area contributed by atoms with Crippen LogP contribution in [0, 0.1) is 5.82 Å². The Hall–Kier alpha value is -3.47. The second-order valence-corrected chi connectivity index (χ2v) is 9.74. The Kier molecular flexibility index (Phi) is 7.38. The first-order chi connectivity index (χ1) is 18.3. The van der Waals surface area contributed by atoms with Gasteiger partial charge in [-0.1, -0.05) is 12.7 Å². The molecule has 0 amide bonds. The first-order valence-corrected chi connectivity index (χ1v) is 12.8. The van der Waals surface area contributed by atoms with E-state index in [1.807, 2.05) is 13.2 Å². The number of imidazole rings is 1. The number of halogens is 4. The quantitative estimate of drug-likeness (QED) is 0.401. The first-order valence-electron chi connectivity index (χ1n) is 12.8. The summed E-state index contributed by atoms with van der Waals surface area (Å²) in [5.74, 6) is 1.26. The van der Waals surface area contributed by atoms with Crippen molar-refractivity contribution < 1.29 is 17.6 Å². The Morgan fingerprint density at radius 2 is 1.87 bits per heavy atom. The van der Waals surface area contributed by atoms with Gasteiger partial charge in [0, 0.05) is 50.9 Å². The third-order valence-electron chi connectivity index (χ3n) is 7.44. The molecular weight excluding hydrogens is 498 g/mol. The van der Waals surface area contributed by atoms with Crippen LogP contribution >= 0.6 is 0 Å². The number of hydrogen-bond acceptors (Lipinski definition) is 6. The van der Waals surface area contributed by atoms with Gasteiger partial charge in [0.1, 0.15) is 29.6 Å².